The van der Waals surface area contributed by atoms with Gasteiger partial charge in [0.1, 0.15) is 0 Å². The van der Waals surface area contributed by atoms with Gasteiger partial charge >= 0.3 is 0 Å². The Bertz CT molecular complexity index is 223. The maximum Gasteiger partial charge on any atom is 0.0766 e. The third kappa shape index (κ3) is 4.22. The molecule has 0 amide bonds. The van der Waals surface area contributed by atoms with Crippen LogP contribution in [-0.4, -0.2) is 18.8 Å². The fraction of sp³-hybridized carbons (Fsp3) is 1.00. The molecule has 0 aromatic carbocycles. The molecular formula is C15H32N2O. The molecule has 1 saturated carbocycles. The summed E-state index contributed by atoms with van der Waals surface area (Å²) >= 11 is 0. The molecule has 1 fully saturated rings. The molecule has 0 aromatic rings. The lowest BCUT2D eigenvalue weighted by molar-refractivity contribution is -0.0229. The van der Waals surface area contributed by atoms with Gasteiger partial charge in [0.2, 0.25) is 0 Å². The van der Waals surface area contributed by atoms with Crippen molar-refractivity contribution in [1.82, 2.24) is 5.43 Å². The monoisotopic (exact) mass is 256 g/mol. The van der Waals surface area contributed by atoms with E-state index in [-0.39, 0.29) is 12.1 Å². The van der Waals surface area contributed by atoms with E-state index in [0.29, 0.717) is 11.8 Å². The molecule has 1 rings (SSSR count). The smallest absolute Gasteiger partial charge is 0.0766 e. The summed E-state index contributed by atoms with van der Waals surface area (Å²) in [5, 5.41) is 0. The molecule has 0 bridgehead atoms. The molecule has 3 nitrogen and oxygen atoms in total. The predicted molar refractivity (Wildman–Crippen MR) is 77.0 cm³/mol. The number of hydrazine groups is 1. The van der Waals surface area contributed by atoms with E-state index in [4.69, 9.17) is 10.6 Å². The van der Waals surface area contributed by atoms with Gasteiger partial charge in [0, 0.05) is 6.61 Å². The average molecular weight is 256 g/mol. The molecule has 0 heterocycles. The fourth-order valence-corrected chi connectivity index (χ4v) is 3.70. The average Bonchev–Trinajstić information content (AvgIpc) is 2.27. The summed E-state index contributed by atoms with van der Waals surface area (Å²) in [7, 11) is 0. The molecule has 0 aliphatic heterocycles. The molecule has 0 radical (unpaired) electrons. The Balaban J connectivity index is 2.73. The van der Waals surface area contributed by atoms with E-state index in [9.17, 15) is 0 Å². The van der Waals surface area contributed by atoms with E-state index < -0.39 is 0 Å². The first-order valence-corrected chi connectivity index (χ1v) is 7.57. The van der Waals surface area contributed by atoms with Crippen LogP contribution in [0.25, 0.3) is 0 Å². The van der Waals surface area contributed by atoms with Crippen LogP contribution in [0.2, 0.25) is 0 Å². The van der Waals surface area contributed by atoms with E-state index in [1.807, 2.05) is 0 Å². The molecule has 0 aromatic heterocycles. The summed E-state index contributed by atoms with van der Waals surface area (Å²) in [6, 6.07) is 0.287. The second kappa shape index (κ2) is 7.46. The van der Waals surface area contributed by atoms with Gasteiger partial charge in [-0.2, -0.15) is 0 Å². The Hall–Kier alpha value is -0.120. The number of rotatable bonds is 6. The molecule has 0 saturated heterocycles. The van der Waals surface area contributed by atoms with E-state index in [2.05, 4.69) is 40.0 Å². The summed E-state index contributed by atoms with van der Waals surface area (Å²) in [4.78, 5) is 0. The van der Waals surface area contributed by atoms with Crippen molar-refractivity contribution in [3.05, 3.63) is 0 Å². The summed E-state index contributed by atoms with van der Waals surface area (Å²) in [5.41, 5.74) is 3.05. The molecule has 1 aliphatic carbocycles. The number of ether oxygens (including phenoxy) is 1. The van der Waals surface area contributed by atoms with Crippen LogP contribution in [0.3, 0.4) is 0 Å². The lowest BCUT2D eigenvalue weighted by Crippen LogP contribution is -2.53. The van der Waals surface area contributed by atoms with Crippen molar-refractivity contribution in [2.75, 3.05) is 6.61 Å². The van der Waals surface area contributed by atoms with E-state index in [0.717, 1.165) is 18.4 Å². The van der Waals surface area contributed by atoms with E-state index in [1.54, 1.807) is 0 Å². The number of hydrogen-bond donors (Lipinski definition) is 2. The number of hydrogen-bond acceptors (Lipinski definition) is 3. The normalized spacial score (nSPS) is 32.5. The largest absolute Gasteiger partial charge is 0.377 e. The van der Waals surface area contributed by atoms with Gasteiger partial charge in [0.15, 0.2) is 0 Å². The minimum absolute atomic E-state index is 0.225. The minimum Gasteiger partial charge on any atom is -0.377 e. The molecule has 1 aliphatic rings. The van der Waals surface area contributed by atoms with E-state index in [1.165, 1.54) is 19.3 Å². The molecular weight excluding hydrogens is 224 g/mol. The van der Waals surface area contributed by atoms with Crippen LogP contribution in [0, 0.1) is 23.7 Å². The minimum atomic E-state index is 0.225. The topological polar surface area (TPSA) is 47.3 Å². The first-order valence-electron chi connectivity index (χ1n) is 7.57. The zero-order valence-electron chi connectivity index (χ0n) is 12.8. The quantitative estimate of drug-likeness (QED) is 0.567. The van der Waals surface area contributed by atoms with Crippen molar-refractivity contribution in [2.24, 2.45) is 29.5 Å². The van der Waals surface area contributed by atoms with Crippen LogP contribution in [0.1, 0.15) is 53.9 Å². The Kier molecular flexibility index (Phi) is 6.61. The molecule has 108 valence electrons. The standard InChI is InChI=1S/C15H32N2O/c1-6-18-15(10(2)3)14(17-16)13-8-11(4)7-12(5)9-13/h10-15,17H,6-9,16H2,1-5H3. The maximum atomic E-state index is 5.94. The van der Waals surface area contributed by atoms with Crippen molar-refractivity contribution in [3.63, 3.8) is 0 Å². The van der Waals surface area contributed by atoms with Crippen molar-refractivity contribution < 1.29 is 4.74 Å². The molecule has 3 heteroatoms. The zero-order valence-corrected chi connectivity index (χ0v) is 12.8. The van der Waals surface area contributed by atoms with Gasteiger partial charge in [-0.15, -0.1) is 0 Å². The fourth-order valence-electron chi connectivity index (χ4n) is 3.70. The highest BCUT2D eigenvalue weighted by Crippen LogP contribution is 2.36. The molecule has 3 N–H and O–H groups in total. The second-order valence-corrected chi connectivity index (χ2v) is 6.53. The molecule has 4 atom stereocenters. The van der Waals surface area contributed by atoms with Crippen molar-refractivity contribution >= 4 is 0 Å². The first kappa shape index (κ1) is 15.9. The third-order valence-electron chi connectivity index (χ3n) is 4.29. The van der Waals surface area contributed by atoms with Gasteiger partial charge in [-0.1, -0.05) is 27.7 Å². The molecule has 0 spiro atoms. The Morgan fingerprint density at radius 1 is 1.17 bits per heavy atom. The highest BCUT2D eigenvalue weighted by Gasteiger charge is 2.35. The van der Waals surface area contributed by atoms with Crippen LogP contribution >= 0.6 is 0 Å². The predicted octanol–water partition coefficient (Wildman–Crippen LogP) is 2.95. The lowest BCUT2D eigenvalue weighted by atomic mass is 9.72. The zero-order chi connectivity index (χ0) is 13.7. The van der Waals surface area contributed by atoms with Crippen LogP contribution < -0.4 is 11.3 Å². The van der Waals surface area contributed by atoms with Crippen molar-refractivity contribution in [1.29, 1.82) is 0 Å². The summed E-state index contributed by atoms with van der Waals surface area (Å²) in [5.74, 6) is 8.60. The van der Waals surface area contributed by atoms with Gasteiger partial charge in [-0.25, -0.2) is 0 Å². The molecule has 18 heavy (non-hydrogen) atoms. The van der Waals surface area contributed by atoms with Gasteiger partial charge in [-0.3, -0.25) is 11.3 Å². The third-order valence-corrected chi connectivity index (χ3v) is 4.29. The van der Waals surface area contributed by atoms with Crippen molar-refractivity contribution in [2.45, 2.75) is 66.0 Å². The maximum absolute atomic E-state index is 5.94. The van der Waals surface area contributed by atoms with Gasteiger partial charge in [0.05, 0.1) is 12.1 Å². The van der Waals surface area contributed by atoms with Crippen LogP contribution in [0.5, 0.6) is 0 Å². The summed E-state index contributed by atoms with van der Waals surface area (Å²) in [6.45, 7) is 12.0. The van der Waals surface area contributed by atoms with Gasteiger partial charge in [0.25, 0.3) is 0 Å². The Morgan fingerprint density at radius 2 is 1.72 bits per heavy atom. The number of nitrogens with two attached hydrogens (primary N) is 1. The second-order valence-electron chi connectivity index (χ2n) is 6.53. The van der Waals surface area contributed by atoms with Crippen LogP contribution in [0.15, 0.2) is 0 Å². The first-order chi connectivity index (χ1) is 8.49. The van der Waals surface area contributed by atoms with Crippen molar-refractivity contribution in [3.8, 4) is 0 Å². The van der Waals surface area contributed by atoms with Crippen LogP contribution in [-0.2, 0) is 4.74 Å². The Morgan fingerprint density at radius 3 is 2.11 bits per heavy atom. The lowest BCUT2D eigenvalue weighted by Gasteiger charge is -2.40. The number of nitrogens with one attached hydrogen (secondary N) is 1. The van der Waals surface area contributed by atoms with Gasteiger partial charge in [-0.05, 0) is 49.9 Å². The van der Waals surface area contributed by atoms with Crippen LogP contribution in [0.4, 0.5) is 0 Å². The van der Waals surface area contributed by atoms with Gasteiger partial charge < -0.3 is 4.74 Å². The highest BCUT2D eigenvalue weighted by atomic mass is 16.5. The van der Waals surface area contributed by atoms with E-state index >= 15 is 0 Å². The molecule has 4 unspecified atom stereocenters. The highest BCUT2D eigenvalue weighted by molar-refractivity contribution is 4.89. The SMILES string of the molecule is CCOC(C(C)C)C(NN)C1CC(C)CC(C)C1. The summed E-state index contributed by atoms with van der Waals surface area (Å²) < 4.78 is 5.94. The summed E-state index contributed by atoms with van der Waals surface area (Å²) in [6.07, 6.45) is 4.13. The Labute approximate surface area is 113 Å².